The monoisotopic (exact) mass is 459 g/mol. The molecule has 6 heteroatoms. The fourth-order valence-electron chi connectivity index (χ4n) is 4.06. The molecule has 1 aliphatic rings. The van der Waals surface area contributed by atoms with Crippen molar-refractivity contribution in [2.24, 2.45) is 5.92 Å². The second-order valence-electron chi connectivity index (χ2n) is 9.05. The van der Waals surface area contributed by atoms with E-state index in [1.54, 1.807) is 0 Å². The van der Waals surface area contributed by atoms with Crippen LogP contribution in [-0.4, -0.2) is 52.2 Å². The predicted molar refractivity (Wildman–Crippen MR) is 133 cm³/mol. The van der Waals surface area contributed by atoms with Gasteiger partial charge in [-0.25, -0.2) is 4.68 Å². The summed E-state index contributed by atoms with van der Waals surface area (Å²) in [7, 11) is 0. The van der Waals surface area contributed by atoms with Gasteiger partial charge in [-0.1, -0.05) is 36.3 Å². The molecule has 1 atom stereocenters. The fraction of sp³-hybridized carbons (Fsp3) is 0.393. The van der Waals surface area contributed by atoms with Crippen molar-refractivity contribution < 1.29 is 14.6 Å². The van der Waals surface area contributed by atoms with Crippen molar-refractivity contribution in [1.82, 2.24) is 14.7 Å². The first kappa shape index (κ1) is 24.0. The van der Waals surface area contributed by atoms with E-state index in [0.29, 0.717) is 24.9 Å². The highest BCUT2D eigenvalue weighted by molar-refractivity contribution is 5.43. The van der Waals surface area contributed by atoms with E-state index in [2.05, 4.69) is 23.8 Å². The van der Waals surface area contributed by atoms with Crippen molar-refractivity contribution in [3.63, 3.8) is 0 Å². The number of aryl methyl sites for hydroxylation is 2. The molecule has 178 valence electrons. The van der Waals surface area contributed by atoms with Crippen molar-refractivity contribution in [1.29, 1.82) is 0 Å². The quantitative estimate of drug-likeness (QED) is 0.319. The summed E-state index contributed by atoms with van der Waals surface area (Å²) in [6.45, 7) is 6.54. The standard InChI is InChI=1S/C28H33N3O3/c1-4-15-33-20-25(32)18-30(17-23-13-14-23)19-27-22(3)29-31(24-10-6-5-7-11-24)28(27)34-26-12-8-9-21(2)16-26/h1,5-12,16,23,25,32H,13-15,17-20H2,2-3H3/t25-/m1/s1. The minimum Gasteiger partial charge on any atom is -0.439 e. The molecule has 2 aromatic carbocycles. The first-order valence-electron chi connectivity index (χ1n) is 11.8. The highest BCUT2D eigenvalue weighted by Gasteiger charge is 2.28. The zero-order chi connectivity index (χ0) is 23.9. The van der Waals surface area contributed by atoms with Crippen molar-refractivity contribution in [3.8, 4) is 29.7 Å². The summed E-state index contributed by atoms with van der Waals surface area (Å²) in [5.41, 5.74) is 4.00. The minimum absolute atomic E-state index is 0.205. The van der Waals surface area contributed by atoms with Gasteiger partial charge in [-0.15, -0.1) is 6.42 Å². The maximum absolute atomic E-state index is 10.6. The van der Waals surface area contributed by atoms with Gasteiger partial charge in [-0.3, -0.25) is 4.90 Å². The van der Waals surface area contributed by atoms with Gasteiger partial charge in [-0.2, -0.15) is 5.10 Å². The number of benzene rings is 2. The number of para-hydroxylation sites is 1. The van der Waals surface area contributed by atoms with E-state index in [1.165, 1.54) is 12.8 Å². The first-order valence-corrected chi connectivity index (χ1v) is 11.8. The fourth-order valence-corrected chi connectivity index (χ4v) is 4.06. The van der Waals surface area contributed by atoms with E-state index >= 15 is 0 Å². The third kappa shape index (κ3) is 6.48. The Morgan fingerprint density at radius 2 is 1.97 bits per heavy atom. The molecule has 1 heterocycles. The number of nitrogens with zero attached hydrogens (tertiary/aromatic N) is 3. The Kier molecular flexibility index (Phi) is 8.02. The molecular weight excluding hydrogens is 426 g/mol. The topological polar surface area (TPSA) is 59.8 Å². The van der Waals surface area contributed by atoms with Gasteiger partial charge in [-0.05, 0) is 62.4 Å². The number of rotatable bonds is 12. The van der Waals surface area contributed by atoms with E-state index in [-0.39, 0.29) is 13.2 Å². The molecule has 34 heavy (non-hydrogen) atoms. The third-order valence-electron chi connectivity index (χ3n) is 5.90. The van der Waals surface area contributed by atoms with Crippen LogP contribution in [0.25, 0.3) is 5.69 Å². The Bertz CT molecular complexity index is 1120. The zero-order valence-corrected chi connectivity index (χ0v) is 20.0. The lowest BCUT2D eigenvalue weighted by Crippen LogP contribution is -2.36. The summed E-state index contributed by atoms with van der Waals surface area (Å²) in [4.78, 5) is 2.28. The largest absolute Gasteiger partial charge is 0.439 e. The van der Waals surface area contributed by atoms with Gasteiger partial charge in [0.25, 0.3) is 0 Å². The summed E-state index contributed by atoms with van der Waals surface area (Å²) in [6, 6.07) is 18.0. The van der Waals surface area contributed by atoms with Crippen LogP contribution < -0.4 is 4.74 Å². The summed E-state index contributed by atoms with van der Waals surface area (Å²) in [5.74, 6) is 4.59. The van der Waals surface area contributed by atoms with Crippen molar-refractivity contribution >= 4 is 0 Å². The lowest BCUT2D eigenvalue weighted by atomic mass is 10.2. The van der Waals surface area contributed by atoms with E-state index in [1.807, 2.05) is 60.1 Å². The number of ether oxygens (including phenoxy) is 2. The SMILES string of the molecule is C#CCOC[C@H](O)CN(Cc1c(C)nn(-c2ccccc2)c1Oc1cccc(C)c1)CC1CC1. The van der Waals surface area contributed by atoms with Gasteiger partial charge in [0.1, 0.15) is 12.4 Å². The molecule has 1 N–H and O–H groups in total. The van der Waals surface area contributed by atoms with Gasteiger partial charge in [0, 0.05) is 19.6 Å². The van der Waals surface area contributed by atoms with Crippen molar-refractivity contribution in [3.05, 3.63) is 71.4 Å². The van der Waals surface area contributed by atoms with Crippen molar-refractivity contribution in [2.75, 3.05) is 26.3 Å². The summed E-state index contributed by atoms with van der Waals surface area (Å²) in [5, 5.41) is 15.4. The molecule has 6 nitrogen and oxygen atoms in total. The van der Waals surface area contributed by atoms with Crippen LogP contribution in [0.4, 0.5) is 0 Å². The van der Waals surface area contributed by atoms with Gasteiger partial charge < -0.3 is 14.6 Å². The van der Waals surface area contributed by atoms with Gasteiger partial charge in [0.15, 0.2) is 0 Å². The lowest BCUT2D eigenvalue weighted by molar-refractivity contribution is 0.0250. The molecular formula is C28H33N3O3. The Labute approximate surface area is 202 Å². The highest BCUT2D eigenvalue weighted by Crippen LogP contribution is 2.34. The van der Waals surface area contributed by atoms with E-state index in [4.69, 9.17) is 21.0 Å². The number of terminal acetylenes is 1. The Morgan fingerprint density at radius 3 is 2.68 bits per heavy atom. The Hall–Kier alpha value is -3.11. The summed E-state index contributed by atoms with van der Waals surface area (Å²) in [6.07, 6.45) is 7.11. The van der Waals surface area contributed by atoms with E-state index in [9.17, 15) is 5.11 Å². The van der Waals surface area contributed by atoms with E-state index in [0.717, 1.165) is 34.8 Å². The Balaban J connectivity index is 1.63. The molecule has 1 aliphatic carbocycles. The third-order valence-corrected chi connectivity index (χ3v) is 5.90. The van der Waals surface area contributed by atoms with Crippen LogP contribution in [0.2, 0.25) is 0 Å². The van der Waals surface area contributed by atoms with Crippen LogP contribution in [0.1, 0.15) is 29.7 Å². The van der Waals surface area contributed by atoms with Gasteiger partial charge in [0.05, 0.1) is 29.7 Å². The molecule has 4 rings (SSSR count). The second-order valence-corrected chi connectivity index (χ2v) is 9.05. The summed E-state index contributed by atoms with van der Waals surface area (Å²) < 4.78 is 13.7. The van der Waals surface area contributed by atoms with Crippen LogP contribution in [0.3, 0.4) is 0 Å². The van der Waals surface area contributed by atoms with Gasteiger partial charge >= 0.3 is 0 Å². The molecule has 0 spiro atoms. The maximum atomic E-state index is 10.6. The number of aromatic nitrogens is 2. The smallest absolute Gasteiger partial charge is 0.227 e. The maximum Gasteiger partial charge on any atom is 0.227 e. The average molecular weight is 460 g/mol. The molecule has 1 fully saturated rings. The van der Waals surface area contributed by atoms with Crippen LogP contribution >= 0.6 is 0 Å². The van der Waals surface area contributed by atoms with Crippen molar-refractivity contribution in [2.45, 2.75) is 39.3 Å². The van der Waals surface area contributed by atoms with Crippen LogP contribution in [0, 0.1) is 32.1 Å². The molecule has 0 aliphatic heterocycles. The number of aliphatic hydroxyl groups excluding tert-OH is 1. The Morgan fingerprint density at radius 1 is 1.18 bits per heavy atom. The predicted octanol–water partition coefficient (Wildman–Crippen LogP) is 4.50. The molecule has 0 bridgehead atoms. The van der Waals surface area contributed by atoms with Crippen LogP contribution in [0.15, 0.2) is 54.6 Å². The highest BCUT2D eigenvalue weighted by atomic mass is 16.5. The number of hydrogen-bond donors (Lipinski definition) is 1. The minimum atomic E-state index is -0.613. The summed E-state index contributed by atoms with van der Waals surface area (Å²) >= 11 is 0. The molecule has 3 aromatic rings. The molecule has 0 saturated heterocycles. The van der Waals surface area contributed by atoms with Gasteiger partial charge in [0.2, 0.25) is 5.88 Å². The number of aliphatic hydroxyl groups is 1. The normalized spacial score (nSPS) is 14.2. The van der Waals surface area contributed by atoms with Crippen LogP contribution in [-0.2, 0) is 11.3 Å². The molecule has 0 amide bonds. The second kappa shape index (κ2) is 11.3. The number of hydrogen-bond acceptors (Lipinski definition) is 5. The average Bonchev–Trinajstić information content (AvgIpc) is 3.59. The molecule has 1 saturated carbocycles. The molecule has 0 radical (unpaired) electrons. The molecule has 0 unspecified atom stereocenters. The lowest BCUT2D eigenvalue weighted by Gasteiger charge is -2.25. The first-order chi connectivity index (χ1) is 16.5. The molecule has 1 aromatic heterocycles. The zero-order valence-electron chi connectivity index (χ0n) is 20.0. The van der Waals surface area contributed by atoms with Crippen LogP contribution in [0.5, 0.6) is 11.6 Å². The van der Waals surface area contributed by atoms with E-state index < -0.39 is 6.10 Å².